The maximum atomic E-state index is 15.1. The Kier molecular flexibility index (Phi) is 7.97. The van der Waals surface area contributed by atoms with Gasteiger partial charge in [-0.2, -0.15) is 0 Å². The van der Waals surface area contributed by atoms with Crippen molar-refractivity contribution in [3.8, 4) is 22.8 Å². The second-order valence-corrected chi connectivity index (χ2v) is 12.6. The molecule has 3 heterocycles. The molecule has 7 heteroatoms. The molecule has 0 bridgehead atoms. The molecule has 0 spiro atoms. The maximum Gasteiger partial charge on any atom is 0.306 e. The number of aliphatic carboxylic acids is 1. The molecule has 222 valence electrons. The highest BCUT2D eigenvalue weighted by molar-refractivity contribution is 5.71. The highest BCUT2D eigenvalue weighted by Gasteiger charge is 2.39. The van der Waals surface area contributed by atoms with Gasteiger partial charge in [-0.15, -0.1) is 0 Å². The standard InChI is InChI=1S/C35H41FN2O4/c1-20-5-6-21(2)38(20)19-27-15-25(11-13-28(27)29-17-33(41-4)37-18-30(29)36)31-14-12-23-7-10-26(16-32(23)42-31)34(24-8-9-24)22(3)35(39)40/h7,10-11,13,15-18,20-22,24,31,34H,5-6,8-9,12,14,19H2,1-4H3,(H,39,40)/t20-,21-,22+,31?,34+/m1/s1. The highest BCUT2D eigenvalue weighted by Crippen LogP contribution is 2.48. The van der Waals surface area contributed by atoms with Gasteiger partial charge in [0.05, 0.1) is 19.2 Å². The van der Waals surface area contributed by atoms with Crippen molar-refractivity contribution < 1.29 is 23.8 Å². The molecule has 6 rings (SSSR count). The summed E-state index contributed by atoms with van der Waals surface area (Å²) in [6, 6.07) is 15.2. The first-order valence-corrected chi connectivity index (χ1v) is 15.3. The second-order valence-electron chi connectivity index (χ2n) is 12.6. The molecule has 6 nitrogen and oxygen atoms in total. The van der Waals surface area contributed by atoms with Crippen molar-refractivity contribution in [2.75, 3.05) is 7.11 Å². The number of aromatic nitrogens is 1. The predicted octanol–water partition coefficient (Wildman–Crippen LogP) is 7.55. The lowest BCUT2D eigenvalue weighted by Crippen LogP contribution is -2.32. The van der Waals surface area contributed by atoms with Crippen LogP contribution in [0.2, 0.25) is 0 Å². The summed E-state index contributed by atoms with van der Waals surface area (Å²) in [6.07, 6.45) is 7.29. The summed E-state index contributed by atoms with van der Waals surface area (Å²) < 4.78 is 27.1. The van der Waals surface area contributed by atoms with E-state index in [0.717, 1.165) is 78.6 Å². The van der Waals surface area contributed by atoms with Gasteiger partial charge in [-0.1, -0.05) is 37.3 Å². The normalized spacial score (nSPS) is 23.6. The number of nitrogens with zero attached hydrogens (tertiary/aromatic N) is 2. The monoisotopic (exact) mass is 572 g/mol. The number of pyridine rings is 1. The van der Waals surface area contributed by atoms with Crippen molar-refractivity contribution in [1.82, 2.24) is 9.88 Å². The van der Waals surface area contributed by atoms with Gasteiger partial charge in [0.25, 0.3) is 0 Å². The minimum Gasteiger partial charge on any atom is -0.485 e. The largest absolute Gasteiger partial charge is 0.485 e. The Hall–Kier alpha value is -3.45. The summed E-state index contributed by atoms with van der Waals surface area (Å²) in [4.78, 5) is 18.4. The number of benzene rings is 2. The molecule has 1 N–H and O–H groups in total. The van der Waals surface area contributed by atoms with Gasteiger partial charge in [-0.25, -0.2) is 9.37 Å². The molecule has 1 aromatic heterocycles. The van der Waals surface area contributed by atoms with Crippen LogP contribution >= 0.6 is 0 Å². The van der Waals surface area contributed by atoms with Crippen molar-refractivity contribution in [3.63, 3.8) is 0 Å². The zero-order valence-corrected chi connectivity index (χ0v) is 25.0. The number of hydrogen-bond acceptors (Lipinski definition) is 5. The number of likely N-dealkylation sites (tertiary alicyclic amines) is 1. The van der Waals surface area contributed by atoms with Crippen LogP contribution in [-0.2, 0) is 17.8 Å². The summed E-state index contributed by atoms with van der Waals surface area (Å²) >= 11 is 0. The van der Waals surface area contributed by atoms with Crippen LogP contribution in [0.4, 0.5) is 4.39 Å². The summed E-state index contributed by atoms with van der Waals surface area (Å²) in [6.45, 7) is 7.07. The molecule has 42 heavy (non-hydrogen) atoms. The van der Waals surface area contributed by atoms with Crippen LogP contribution in [0.15, 0.2) is 48.7 Å². The third-order valence-electron chi connectivity index (χ3n) is 9.80. The van der Waals surface area contributed by atoms with Gasteiger partial charge in [0.1, 0.15) is 17.7 Å². The van der Waals surface area contributed by atoms with E-state index in [1.165, 1.54) is 6.20 Å². The van der Waals surface area contributed by atoms with E-state index in [4.69, 9.17) is 9.47 Å². The van der Waals surface area contributed by atoms with Crippen molar-refractivity contribution >= 4 is 5.97 Å². The molecule has 0 radical (unpaired) electrons. The molecular weight excluding hydrogens is 531 g/mol. The first-order chi connectivity index (χ1) is 20.2. The van der Waals surface area contributed by atoms with E-state index in [9.17, 15) is 9.90 Å². The number of aryl methyl sites for hydroxylation is 1. The zero-order valence-electron chi connectivity index (χ0n) is 25.0. The van der Waals surface area contributed by atoms with Crippen LogP contribution in [0.1, 0.15) is 87.2 Å². The summed E-state index contributed by atoms with van der Waals surface area (Å²) in [5.41, 5.74) is 5.69. The third-order valence-corrected chi connectivity index (χ3v) is 9.80. The molecule has 2 aromatic carbocycles. The van der Waals surface area contributed by atoms with E-state index in [1.54, 1.807) is 13.2 Å². The fourth-order valence-corrected chi connectivity index (χ4v) is 7.11. The minimum atomic E-state index is -0.749. The highest BCUT2D eigenvalue weighted by atomic mass is 19.1. The fourth-order valence-electron chi connectivity index (χ4n) is 7.11. The number of carbonyl (C=O) groups is 1. The molecule has 3 aliphatic rings. The topological polar surface area (TPSA) is 71.9 Å². The number of hydrogen-bond donors (Lipinski definition) is 1. The van der Waals surface area contributed by atoms with E-state index in [-0.39, 0.29) is 17.8 Å². The number of fused-ring (bicyclic) bond motifs is 1. The van der Waals surface area contributed by atoms with Gasteiger partial charge in [0, 0.05) is 30.3 Å². The van der Waals surface area contributed by atoms with E-state index < -0.39 is 11.9 Å². The van der Waals surface area contributed by atoms with Gasteiger partial charge in [0.2, 0.25) is 5.88 Å². The lowest BCUT2D eigenvalue weighted by atomic mass is 9.82. The van der Waals surface area contributed by atoms with Gasteiger partial charge in [0.15, 0.2) is 0 Å². The molecular formula is C35H41FN2O4. The first-order valence-electron chi connectivity index (χ1n) is 15.3. The third kappa shape index (κ3) is 5.63. The van der Waals surface area contributed by atoms with Crippen LogP contribution in [-0.4, -0.2) is 40.2 Å². The van der Waals surface area contributed by atoms with Crippen LogP contribution in [0.25, 0.3) is 11.1 Å². The summed E-state index contributed by atoms with van der Waals surface area (Å²) in [5, 5.41) is 9.76. The lowest BCUT2D eigenvalue weighted by Gasteiger charge is -2.30. The minimum absolute atomic E-state index is 0.000599. The lowest BCUT2D eigenvalue weighted by molar-refractivity contribution is -0.142. The average molecular weight is 573 g/mol. The van der Waals surface area contributed by atoms with Crippen molar-refractivity contribution in [2.24, 2.45) is 11.8 Å². The number of ether oxygens (including phenoxy) is 2. The van der Waals surface area contributed by atoms with Gasteiger partial charge >= 0.3 is 5.97 Å². The molecule has 2 aliphatic heterocycles. The number of halogens is 1. The van der Waals surface area contributed by atoms with Gasteiger partial charge in [-0.3, -0.25) is 9.69 Å². The number of rotatable bonds is 9. The van der Waals surface area contributed by atoms with Crippen LogP contribution in [0.3, 0.4) is 0 Å². The molecule has 5 atom stereocenters. The Balaban J connectivity index is 1.33. The number of carboxylic acids is 1. The molecule has 1 saturated heterocycles. The molecule has 1 saturated carbocycles. The quantitative estimate of drug-likeness (QED) is 0.285. The SMILES string of the molecule is COc1cc(-c2ccc(C3CCc4ccc([C@H](C5CC5)[C@H](C)C(=O)O)cc4O3)cc2CN2[C@H](C)CC[C@H]2C)c(F)cn1. The van der Waals surface area contributed by atoms with E-state index in [1.807, 2.05) is 13.0 Å². The van der Waals surface area contributed by atoms with Crippen LogP contribution < -0.4 is 9.47 Å². The van der Waals surface area contributed by atoms with Crippen molar-refractivity contribution in [2.45, 2.75) is 89.9 Å². The Bertz CT molecular complexity index is 1460. The van der Waals surface area contributed by atoms with Crippen LogP contribution in [0, 0.1) is 17.7 Å². The molecule has 1 unspecified atom stereocenters. The van der Waals surface area contributed by atoms with Crippen molar-refractivity contribution in [1.29, 1.82) is 0 Å². The number of carboxylic acid groups (broad SMARTS) is 1. The second kappa shape index (κ2) is 11.7. The maximum absolute atomic E-state index is 15.1. The predicted molar refractivity (Wildman–Crippen MR) is 160 cm³/mol. The smallest absolute Gasteiger partial charge is 0.306 e. The van der Waals surface area contributed by atoms with Gasteiger partial charge in [-0.05, 0) is 98.1 Å². The van der Waals surface area contributed by atoms with E-state index in [0.29, 0.717) is 29.4 Å². The first kappa shape index (κ1) is 28.7. The summed E-state index contributed by atoms with van der Waals surface area (Å²) in [7, 11) is 1.54. The Morgan fingerprint density at radius 1 is 1.07 bits per heavy atom. The fraction of sp³-hybridized carbons (Fsp3) is 0.486. The number of methoxy groups -OCH3 is 1. The molecule has 2 fully saturated rings. The Morgan fingerprint density at radius 3 is 2.52 bits per heavy atom. The zero-order chi connectivity index (χ0) is 29.5. The Labute approximate surface area is 247 Å². The molecule has 1 aliphatic carbocycles. The Morgan fingerprint density at radius 2 is 1.83 bits per heavy atom. The molecule has 3 aromatic rings. The van der Waals surface area contributed by atoms with Crippen LogP contribution in [0.5, 0.6) is 11.6 Å². The van der Waals surface area contributed by atoms with E-state index in [2.05, 4.69) is 54.1 Å². The van der Waals surface area contributed by atoms with E-state index >= 15 is 4.39 Å². The van der Waals surface area contributed by atoms with Crippen molar-refractivity contribution in [3.05, 3.63) is 76.7 Å². The summed E-state index contributed by atoms with van der Waals surface area (Å²) in [5.74, 6) is 0.0982. The average Bonchev–Trinajstić information content (AvgIpc) is 3.78. The molecule has 0 amide bonds. The van der Waals surface area contributed by atoms with Gasteiger partial charge < -0.3 is 14.6 Å².